The van der Waals surface area contributed by atoms with Gasteiger partial charge < -0.3 is 23.5 Å². The molecule has 210 valence electrons. The van der Waals surface area contributed by atoms with E-state index in [1.807, 2.05) is 0 Å². The Morgan fingerprint density at radius 3 is 2.10 bits per heavy atom. The lowest BCUT2D eigenvalue weighted by Crippen LogP contribution is -2.15. The Morgan fingerprint density at radius 2 is 1.54 bits per heavy atom. The van der Waals surface area contributed by atoms with Crippen LogP contribution in [0.2, 0.25) is 0 Å². The Labute approximate surface area is 231 Å². The van der Waals surface area contributed by atoms with Crippen LogP contribution in [-0.4, -0.2) is 71.2 Å². The summed E-state index contributed by atoms with van der Waals surface area (Å²) < 4.78 is 21.1. The molecule has 1 aromatic heterocycles. The maximum Gasteiger partial charge on any atom is 0.339 e. The molecule has 39 heavy (non-hydrogen) atoms. The highest BCUT2D eigenvalue weighted by molar-refractivity contribution is 8.14. The van der Waals surface area contributed by atoms with Crippen molar-refractivity contribution in [1.82, 2.24) is 9.55 Å². The van der Waals surface area contributed by atoms with Gasteiger partial charge in [-0.2, -0.15) is 0 Å². The van der Waals surface area contributed by atoms with Gasteiger partial charge in [0.25, 0.3) is 0 Å². The first-order valence-corrected chi connectivity index (χ1v) is 12.7. The van der Waals surface area contributed by atoms with Crippen LogP contribution in [0.1, 0.15) is 41.0 Å². The lowest BCUT2D eigenvalue weighted by molar-refractivity contribution is -0.150. The lowest BCUT2D eigenvalue weighted by atomic mass is 10.1. The first-order chi connectivity index (χ1) is 18.6. The van der Waals surface area contributed by atoms with E-state index in [4.69, 9.17) is 14.2 Å². The summed E-state index contributed by atoms with van der Waals surface area (Å²) in [5.74, 6) is -1.72. The van der Waals surface area contributed by atoms with E-state index >= 15 is 0 Å². The lowest BCUT2D eigenvalue weighted by Gasteiger charge is -2.08. The van der Waals surface area contributed by atoms with Gasteiger partial charge in [-0.05, 0) is 31.6 Å². The second-order valence-corrected chi connectivity index (χ2v) is 8.84. The molecule has 0 N–H and O–H groups in total. The molecule has 0 saturated heterocycles. The minimum absolute atomic E-state index is 0.0442. The van der Waals surface area contributed by atoms with E-state index in [0.29, 0.717) is 23.4 Å². The fourth-order valence-electron chi connectivity index (χ4n) is 2.54. The molecule has 0 radical (unpaired) electrons. The van der Waals surface area contributed by atoms with Gasteiger partial charge in [0.2, 0.25) is 5.12 Å². The van der Waals surface area contributed by atoms with Gasteiger partial charge in [0.1, 0.15) is 19.8 Å². The largest absolute Gasteiger partial charge is 0.465 e. The number of thioether (sulfide) groups is 1. The van der Waals surface area contributed by atoms with Crippen molar-refractivity contribution in [2.24, 2.45) is 0 Å². The molecule has 0 aliphatic rings. The summed E-state index contributed by atoms with van der Waals surface area (Å²) in [5, 5.41) is -0.138. The van der Waals surface area contributed by atoms with Crippen LogP contribution in [-0.2, 0) is 39.9 Å². The topological polar surface area (TPSA) is 140 Å². The number of esters is 4. The number of imidazole rings is 1. The summed E-state index contributed by atoms with van der Waals surface area (Å²) >= 11 is 1.03. The van der Waals surface area contributed by atoms with E-state index in [-0.39, 0.29) is 48.5 Å². The maximum atomic E-state index is 11.9. The minimum Gasteiger partial charge on any atom is -0.465 e. The first kappa shape index (κ1) is 32.8. The highest BCUT2D eigenvalue weighted by Crippen LogP contribution is 2.13. The van der Waals surface area contributed by atoms with Crippen LogP contribution >= 0.6 is 11.8 Å². The first-order valence-electron chi connectivity index (χ1n) is 11.7. The summed E-state index contributed by atoms with van der Waals surface area (Å²) in [6.07, 6.45) is 5.29. The molecular formula is C27H32N2O9S. The maximum absolute atomic E-state index is 11.9. The van der Waals surface area contributed by atoms with Crippen LogP contribution in [0.4, 0.5) is 0 Å². The molecule has 0 aliphatic heterocycles. The Morgan fingerprint density at radius 1 is 0.897 bits per heavy atom. The number of nitrogens with zero attached hydrogens (tertiary/aromatic N) is 2. The molecule has 0 spiro atoms. The van der Waals surface area contributed by atoms with E-state index in [2.05, 4.69) is 22.9 Å². The third-order valence-electron chi connectivity index (χ3n) is 4.51. The van der Waals surface area contributed by atoms with E-state index in [1.54, 1.807) is 49.3 Å². The molecule has 12 heteroatoms. The average molecular weight is 561 g/mol. The van der Waals surface area contributed by atoms with Crippen molar-refractivity contribution in [3.8, 4) is 0 Å². The monoisotopic (exact) mass is 560 g/mol. The third kappa shape index (κ3) is 13.3. The number of hydrogen-bond acceptors (Lipinski definition) is 11. The zero-order valence-electron chi connectivity index (χ0n) is 22.2. The zero-order valence-corrected chi connectivity index (χ0v) is 23.0. The summed E-state index contributed by atoms with van der Waals surface area (Å²) in [7, 11) is 1.24. The third-order valence-corrected chi connectivity index (χ3v) is 5.49. The number of rotatable bonds is 13. The molecule has 1 heterocycles. The summed E-state index contributed by atoms with van der Waals surface area (Å²) in [5.41, 5.74) is 1.06. The van der Waals surface area contributed by atoms with Crippen LogP contribution in [0.5, 0.6) is 0 Å². The van der Waals surface area contributed by atoms with Gasteiger partial charge in [0.05, 0.1) is 31.0 Å². The van der Waals surface area contributed by atoms with Crippen molar-refractivity contribution >= 4 is 40.8 Å². The highest BCUT2D eigenvalue weighted by atomic mass is 32.2. The van der Waals surface area contributed by atoms with Crippen molar-refractivity contribution in [2.45, 2.75) is 26.8 Å². The second-order valence-electron chi connectivity index (χ2n) is 7.78. The number of methoxy groups -OCH3 is 1. The normalized spacial score (nSPS) is 9.82. The molecule has 0 amide bonds. The molecule has 0 atom stereocenters. The van der Waals surface area contributed by atoms with Gasteiger partial charge in [-0.3, -0.25) is 9.59 Å². The number of carbonyl (C=O) groups is 5. The van der Waals surface area contributed by atoms with Crippen molar-refractivity contribution in [1.29, 1.82) is 0 Å². The molecular weight excluding hydrogens is 528 g/mol. The number of hydrogen-bond donors (Lipinski definition) is 0. The Kier molecular flexibility index (Phi) is 15.3. The van der Waals surface area contributed by atoms with Crippen LogP contribution in [0.3, 0.4) is 0 Å². The van der Waals surface area contributed by atoms with Gasteiger partial charge >= 0.3 is 23.9 Å². The fraction of sp³-hybridized carbons (Fsp3) is 0.333. The van der Waals surface area contributed by atoms with Crippen molar-refractivity contribution in [3.05, 3.63) is 78.4 Å². The van der Waals surface area contributed by atoms with Crippen molar-refractivity contribution < 1.29 is 42.9 Å². The summed E-state index contributed by atoms with van der Waals surface area (Å²) in [6, 6.07) is 6.23. The van der Waals surface area contributed by atoms with Crippen LogP contribution in [0.25, 0.3) is 0 Å². The van der Waals surface area contributed by atoms with Crippen molar-refractivity contribution in [3.63, 3.8) is 0 Å². The van der Waals surface area contributed by atoms with E-state index < -0.39 is 17.9 Å². The van der Waals surface area contributed by atoms with Gasteiger partial charge in [-0.15, -0.1) is 0 Å². The highest BCUT2D eigenvalue weighted by Gasteiger charge is 2.18. The molecule has 11 nitrogen and oxygen atoms in total. The van der Waals surface area contributed by atoms with Crippen LogP contribution in [0.15, 0.2) is 67.3 Å². The smallest absolute Gasteiger partial charge is 0.339 e. The zero-order chi connectivity index (χ0) is 29.2. The number of aromatic nitrogens is 2. The molecule has 2 rings (SSSR count). The van der Waals surface area contributed by atoms with Gasteiger partial charge in [0, 0.05) is 30.3 Å². The number of benzene rings is 1. The number of ether oxygens (including phenoxy) is 4. The molecule has 1 aromatic carbocycles. The molecule has 0 saturated carbocycles. The van der Waals surface area contributed by atoms with Crippen LogP contribution < -0.4 is 0 Å². The van der Waals surface area contributed by atoms with Gasteiger partial charge in [-0.25, -0.2) is 19.4 Å². The Bertz CT molecular complexity index is 1160. The minimum atomic E-state index is -0.626. The standard InChI is InChI=1S/C15H16O5S.C12H16N2O4/c1-10(2)15(18)21-9-8-20-14(17)12-7-5-4-6-11(12)13(16)19-3;1-10(2)12(16)18-8-7-17-11(15)3-5-14-6-4-13-9-14/h4-7H,1,8-9H2,2-3H3;4,6,9H,1,3,5,7-8H2,2H3. The summed E-state index contributed by atoms with van der Waals surface area (Å²) in [4.78, 5) is 60.9. The average Bonchev–Trinajstić information content (AvgIpc) is 3.45. The van der Waals surface area contributed by atoms with Crippen LogP contribution in [0, 0.1) is 0 Å². The number of aryl methyl sites for hydroxylation is 1. The van der Waals surface area contributed by atoms with Gasteiger partial charge in [-0.1, -0.05) is 37.1 Å². The molecule has 0 fully saturated rings. The Balaban J connectivity index is 0.000000395. The second kappa shape index (κ2) is 18.1. The molecule has 0 bridgehead atoms. The molecule has 0 unspecified atom stereocenters. The summed E-state index contributed by atoms with van der Waals surface area (Å²) in [6.45, 7) is 10.8. The predicted molar refractivity (Wildman–Crippen MR) is 144 cm³/mol. The van der Waals surface area contributed by atoms with Gasteiger partial charge in [0.15, 0.2) is 0 Å². The van der Waals surface area contributed by atoms with Crippen molar-refractivity contribution in [2.75, 3.05) is 32.7 Å². The quantitative estimate of drug-likeness (QED) is 0.154. The predicted octanol–water partition coefficient (Wildman–Crippen LogP) is 3.40. The molecule has 0 aliphatic carbocycles. The Hall–Kier alpha value is -4.19. The molecule has 2 aromatic rings. The van der Waals surface area contributed by atoms with E-state index in [9.17, 15) is 24.0 Å². The van der Waals surface area contributed by atoms with E-state index in [1.165, 1.54) is 19.2 Å². The fourth-order valence-corrected chi connectivity index (χ4v) is 3.14. The van der Waals surface area contributed by atoms with E-state index in [0.717, 1.165) is 11.8 Å². The SMILES string of the molecule is C=C(C)C(=O)OCCOC(=O)CCn1ccnc1.C=C(C)C(=O)SCCOC(=O)c1ccccc1C(=O)OC. The number of carbonyl (C=O) groups excluding carboxylic acids is 5.